The molecule has 0 aliphatic rings. The minimum absolute atomic E-state index is 0.0480. The molecule has 4 aromatic rings. The first-order valence-electron chi connectivity index (χ1n) is 14.3. The van der Waals surface area contributed by atoms with Gasteiger partial charge in [-0.25, -0.2) is 9.97 Å². The van der Waals surface area contributed by atoms with E-state index >= 15 is 0 Å². The lowest BCUT2D eigenvalue weighted by molar-refractivity contribution is 0.212. The molecular weight excluding hydrogens is 548 g/mol. The summed E-state index contributed by atoms with van der Waals surface area (Å²) in [5.41, 5.74) is 3.36. The van der Waals surface area contributed by atoms with Crippen molar-refractivity contribution in [2.24, 2.45) is 0 Å². The highest BCUT2D eigenvalue weighted by atomic mass is 16.5. The highest BCUT2D eigenvalue weighted by Gasteiger charge is 2.25. The van der Waals surface area contributed by atoms with Gasteiger partial charge in [-0.1, -0.05) is 19.8 Å². The van der Waals surface area contributed by atoms with Crippen LogP contribution in [0.15, 0.2) is 48.7 Å². The zero-order chi connectivity index (χ0) is 30.8. The summed E-state index contributed by atoms with van der Waals surface area (Å²) in [6.07, 6.45) is 4.52. The number of nitrogens with one attached hydrogen (secondary N) is 3. The Hall–Kier alpha value is -4.51. The van der Waals surface area contributed by atoms with Crippen LogP contribution in [0.2, 0.25) is 0 Å². The average Bonchev–Trinajstić information content (AvgIpc) is 3.05. The number of benzene rings is 2. The van der Waals surface area contributed by atoms with Gasteiger partial charge in [-0.05, 0) is 43.7 Å². The number of aromatic nitrogens is 3. The molecule has 2 heterocycles. The summed E-state index contributed by atoms with van der Waals surface area (Å²) in [7, 11) is 6.51. The molecular formula is C32H42N6O5. The summed E-state index contributed by atoms with van der Waals surface area (Å²) in [4.78, 5) is 14.3. The number of aliphatic hydroxyl groups is 1. The smallest absolute Gasteiger partial charge is 0.225 e. The second-order valence-corrected chi connectivity index (χ2v) is 10.5. The molecule has 230 valence electrons. The molecule has 4 N–H and O–H groups in total. The van der Waals surface area contributed by atoms with Crippen molar-refractivity contribution >= 4 is 28.5 Å². The third kappa shape index (κ3) is 7.86. The van der Waals surface area contributed by atoms with Gasteiger partial charge < -0.3 is 40.0 Å². The normalized spacial score (nSPS) is 12.3. The number of fused-ring (bicyclic) bond motifs is 1. The largest absolute Gasteiger partial charge is 0.497 e. The summed E-state index contributed by atoms with van der Waals surface area (Å²) < 4.78 is 21.8. The van der Waals surface area contributed by atoms with Gasteiger partial charge in [0.1, 0.15) is 28.5 Å². The number of methoxy groups -OCH3 is 4. The van der Waals surface area contributed by atoms with Crippen LogP contribution in [0.5, 0.6) is 23.0 Å². The maximum absolute atomic E-state index is 10.3. The molecule has 0 aliphatic heterocycles. The van der Waals surface area contributed by atoms with Crippen LogP contribution >= 0.6 is 0 Å². The summed E-state index contributed by atoms with van der Waals surface area (Å²) >= 11 is 0. The molecule has 4 rings (SSSR count). The van der Waals surface area contributed by atoms with Crippen LogP contribution in [0.3, 0.4) is 0 Å². The van der Waals surface area contributed by atoms with Crippen molar-refractivity contribution in [3.05, 3.63) is 59.8 Å². The van der Waals surface area contributed by atoms with Crippen molar-refractivity contribution in [1.29, 1.82) is 0 Å². The van der Waals surface area contributed by atoms with Crippen LogP contribution < -0.4 is 34.9 Å². The van der Waals surface area contributed by atoms with Gasteiger partial charge in [-0.2, -0.15) is 4.98 Å². The van der Waals surface area contributed by atoms with Crippen molar-refractivity contribution in [1.82, 2.24) is 15.0 Å². The minimum Gasteiger partial charge on any atom is -0.497 e. The zero-order valence-electron chi connectivity index (χ0n) is 25.8. The topological polar surface area (TPSA) is 132 Å². The number of nitrogens with zero attached hydrogens (tertiary/aromatic N) is 3. The Morgan fingerprint density at radius 2 is 1.44 bits per heavy atom. The first kappa shape index (κ1) is 31.4. The van der Waals surface area contributed by atoms with Gasteiger partial charge in [0.25, 0.3) is 0 Å². The number of ether oxygens (including phenoxy) is 4. The maximum atomic E-state index is 10.3. The van der Waals surface area contributed by atoms with E-state index in [4.69, 9.17) is 33.9 Å². The number of aliphatic hydroxyl groups excluding tert-OH is 1. The fraction of sp³-hybridized carbons (Fsp3) is 0.406. The van der Waals surface area contributed by atoms with Gasteiger partial charge in [0.2, 0.25) is 5.95 Å². The predicted molar refractivity (Wildman–Crippen MR) is 170 cm³/mol. The lowest BCUT2D eigenvalue weighted by Gasteiger charge is -2.29. The van der Waals surface area contributed by atoms with Crippen LogP contribution in [0.1, 0.15) is 44.2 Å². The maximum Gasteiger partial charge on any atom is 0.225 e. The standard InChI is InChI=1S/C32H42N6O5/c1-7-8-13-32(2,20-39)38-30-29-26(36-31(37-30)35-18-22-10-12-25(41-4)16-28(22)43-6)14-23(19-34-29)33-17-21-9-11-24(40-3)15-27(21)42-5/h9-12,14-16,19,33,39H,7-8,13,17-18,20H2,1-6H3,(H2,35,36,37,38)/t32-/m1/s1. The number of pyridine rings is 1. The van der Waals surface area contributed by atoms with Crippen molar-refractivity contribution in [3.8, 4) is 23.0 Å². The average molecular weight is 591 g/mol. The zero-order valence-corrected chi connectivity index (χ0v) is 25.8. The van der Waals surface area contributed by atoms with E-state index in [1.54, 1.807) is 34.6 Å². The minimum atomic E-state index is -0.572. The molecule has 0 saturated carbocycles. The molecule has 0 bridgehead atoms. The Kier molecular flexibility index (Phi) is 10.7. The number of rotatable bonds is 16. The van der Waals surface area contributed by atoms with E-state index in [2.05, 4.69) is 22.9 Å². The van der Waals surface area contributed by atoms with E-state index in [1.807, 2.05) is 49.4 Å². The number of hydrogen-bond acceptors (Lipinski definition) is 11. The molecule has 0 saturated heterocycles. The van der Waals surface area contributed by atoms with Crippen LogP contribution in [-0.4, -0.2) is 60.6 Å². The Bertz CT molecular complexity index is 1510. The molecule has 0 fully saturated rings. The SMILES string of the molecule is CCCC[C@](C)(CO)Nc1nc(NCc2ccc(OC)cc2OC)nc2cc(NCc3ccc(OC)cc3OC)cnc12. The highest BCUT2D eigenvalue weighted by molar-refractivity contribution is 5.88. The molecule has 2 aromatic heterocycles. The lowest BCUT2D eigenvalue weighted by atomic mass is 9.96. The van der Waals surface area contributed by atoms with Crippen LogP contribution in [-0.2, 0) is 13.1 Å². The van der Waals surface area contributed by atoms with Crippen molar-refractivity contribution in [2.75, 3.05) is 51.0 Å². The van der Waals surface area contributed by atoms with Gasteiger partial charge >= 0.3 is 0 Å². The lowest BCUT2D eigenvalue weighted by Crippen LogP contribution is -2.39. The molecule has 2 aromatic carbocycles. The molecule has 0 unspecified atom stereocenters. The molecule has 11 heteroatoms. The van der Waals surface area contributed by atoms with Crippen LogP contribution in [0.4, 0.5) is 17.5 Å². The molecule has 0 aliphatic carbocycles. The van der Waals surface area contributed by atoms with Gasteiger partial charge in [-0.3, -0.25) is 0 Å². The second-order valence-electron chi connectivity index (χ2n) is 10.5. The predicted octanol–water partition coefficient (Wildman–Crippen LogP) is 5.64. The van der Waals surface area contributed by atoms with Gasteiger partial charge in [0.15, 0.2) is 5.82 Å². The molecule has 0 spiro atoms. The van der Waals surface area contributed by atoms with E-state index in [0.717, 1.165) is 47.6 Å². The van der Waals surface area contributed by atoms with E-state index in [1.165, 1.54) is 0 Å². The van der Waals surface area contributed by atoms with Crippen LogP contribution in [0.25, 0.3) is 11.0 Å². The van der Waals surface area contributed by atoms with Crippen molar-refractivity contribution < 1.29 is 24.1 Å². The van der Waals surface area contributed by atoms with Crippen molar-refractivity contribution in [3.63, 3.8) is 0 Å². The number of anilines is 3. The van der Waals surface area contributed by atoms with Gasteiger partial charge in [0, 0.05) is 36.3 Å². The van der Waals surface area contributed by atoms with E-state index in [0.29, 0.717) is 47.4 Å². The Morgan fingerprint density at radius 3 is 2.00 bits per heavy atom. The van der Waals surface area contributed by atoms with E-state index in [-0.39, 0.29) is 6.61 Å². The molecule has 0 amide bonds. The summed E-state index contributed by atoms with van der Waals surface area (Å²) in [6.45, 7) is 5.01. The summed E-state index contributed by atoms with van der Waals surface area (Å²) in [5, 5.41) is 20.5. The number of hydrogen-bond donors (Lipinski definition) is 4. The molecule has 1 atom stereocenters. The summed E-state index contributed by atoms with van der Waals surface area (Å²) in [6, 6.07) is 13.3. The van der Waals surface area contributed by atoms with E-state index in [9.17, 15) is 5.11 Å². The van der Waals surface area contributed by atoms with E-state index < -0.39 is 5.54 Å². The Balaban J connectivity index is 1.65. The fourth-order valence-electron chi connectivity index (χ4n) is 4.68. The number of unbranched alkanes of at least 4 members (excludes halogenated alkanes) is 1. The first-order chi connectivity index (χ1) is 20.8. The summed E-state index contributed by atoms with van der Waals surface area (Å²) in [5.74, 6) is 3.82. The quantitative estimate of drug-likeness (QED) is 0.129. The van der Waals surface area contributed by atoms with Crippen LogP contribution in [0, 0.1) is 0 Å². The second kappa shape index (κ2) is 14.6. The third-order valence-electron chi connectivity index (χ3n) is 7.30. The Morgan fingerprint density at radius 1 is 0.814 bits per heavy atom. The highest BCUT2D eigenvalue weighted by Crippen LogP contribution is 2.30. The third-order valence-corrected chi connectivity index (χ3v) is 7.30. The van der Waals surface area contributed by atoms with Gasteiger partial charge in [-0.15, -0.1) is 0 Å². The molecule has 0 radical (unpaired) electrons. The Labute approximate surface area is 253 Å². The fourth-order valence-corrected chi connectivity index (χ4v) is 4.68. The molecule has 11 nitrogen and oxygen atoms in total. The first-order valence-corrected chi connectivity index (χ1v) is 14.3. The van der Waals surface area contributed by atoms with Crippen molar-refractivity contribution in [2.45, 2.75) is 51.7 Å². The molecule has 43 heavy (non-hydrogen) atoms. The van der Waals surface area contributed by atoms with Gasteiger partial charge in [0.05, 0.1) is 58.0 Å². The monoisotopic (exact) mass is 590 g/mol.